The minimum atomic E-state index is -2.00. The van der Waals surface area contributed by atoms with Crippen molar-refractivity contribution < 1.29 is 18.0 Å². The van der Waals surface area contributed by atoms with E-state index in [1.54, 1.807) is 0 Å². The van der Waals surface area contributed by atoms with Gasteiger partial charge >= 0.3 is 227 Å². The van der Waals surface area contributed by atoms with Crippen LogP contribution in [-0.4, -0.2) is 9.13 Å². The SMILES string of the molecule is C#[C][Au](=[c]1n(-c2c(C(C)C)cccc2C(C)C)ccn1-c1c(C(C)C)cccc1C(C)C)[C](C)(C)C. The molecule has 3 aromatic rings. The Hall–Kier alpha value is -2.05. The molecule has 2 nitrogen and oxygen atoms in total. The minimum absolute atomic E-state index is 0.0392. The van der Waals surface area contributed by atoms with Crippen LogP contribution in [0.2, 0.25) is 3.63 Å². The first-order valence-corrected chi connectivity index (χ1v) is 16.5. The zero-order valence-corrected chi connectivity index (χ0v) is 26.4. The Morgan fingerprint density at radius 1 is 0.639 bits per heavy atom. The summed E-state index contributed by atoms with van der Waals surface area (Å²) in [4.78, 5) is 0. The summed E-state index contributed by atoms with van der Waals surface area (Å²) in [6.07, 6.45) is 11.0. The maximum atomic E-state index is 6.42. The van der Waals surface area contributed by atoms with Crippen molar-refractivity contribution in [1.29, 1.82) is 0 Å². The van der Waals surface area contributed by atoms with E-state index in [2.05, 4.69) is 138 Å². The van der Waals surface area contributed by atoms with Gasteiger partial charge in [0.15, 0.2) is 0 Å². The van der Waals surface area contributed by atoms with Gasteiger partial charge in [-0.15, -0.1) is 0 Å². The second-order valence-electron chi connectivity index (χ2n) is 11.7. The average molecular weight is 668 g/mol. The molecule has 0 saturated carbocycles. The fourth-order valence-electron chi connectivity index (χ4n) is 4.77. The molecule has 0 N–H and O–H groups in total. The first-order chi connectivity index (χ1) is 16.8. The fraction of sp³-hybridized carbons (Fsp3) is 0.485. The van der Waals surface area contributed by atoms with Crippen LogP contribution in [0.15, 0.2) is 48.8 Å². The second-order valence-corrected chi connectivity index (χ2v) is 18.2. The molecule has 0 aliphatic heterocycles. The van der Waals surface area contributed by atoms with E-state index in [1.165, 1.54) is 37.3 Å². The van der Waals surface area contributed by atoms with Crippen molar-refractivity contribution in [2.24, 2.45) is 0 Å². The molecule has 0 aliphatic carbocycles. The average Bonchev–Trinajstić information content (AvgIpc) is 3.20. The Morgan fingerprint density at radius 2 is 0.944 bits per heavy atom. The number of terminal acetylenes is 1. The summed E-state index contributed by atoms with van der Waals surface area (Å²) >= 11 is -2.00. The third-order valence-corrected chi connectivity index (χ3v) is 12.5. The molecule has 3 heteroatoms. The van der Waals surface area contributed by atoms with Gasteiger partial charge in [-0.1, -0.05) is 0 Å². The van der Waals surface area contributed by atoms with Crippen LogP contribution in [0.25, 0.3) is 11.4 Å². The van der Waals surface area contributed by atoms with E-state index in [-0.39, 0.29) is 3.63 Å². The molecule has 0 radical (unpaired) electrons. The van der Waals surface area contributed by atoms with Crippen molar-refractivity contribution in [3.05, 3.63) is 74.7 Å². The van der Waals surface area contributed by atoms with Crippen molar-refractivity contribution in [3.8, 4) is 21.9 Å². The molecule has 0 fully saturated rings. The third-order valence-electron chi connectivity index (χ3n) is 6.57. The Labute approximate surface area is 226 Å². The Bertz CT molecular complexity index is 1190. The molecule has 1 heterocycles. The molecule has 0 saturated heterocycles. The number of nitrogens with zero attached hydrogens (tertiary/aromatic N) is 2. The van der Waals surface area contributed by atoms with Crippen LogP contribution in [0.4, 0.5) is 0 Å². The van der Waals surface area contributed by atoms with Crippen LogP contribution in [0, 0.1) is 14.2 Å². The molecular formula is C33H46AuN2. The van der Waals surface area contributed by atoms with E-state index >= 15 is 0 Å². The number of imidazole rings is 1. The molecule has 0 bridgehead atoms. The van der Waals surface area contributed by atoms with Crippen LogP contribution in [0.3, 0.4) is 0 Å². The van der Waals surface area contributed by atoms with Crippen molar-refractivity contribution >= 4 is 0 Å². The first kappa shape index (κ1) is 28.5. The molecule has 1 aromatic heterocycles. The van der Waals surface area contributed by atoms with E-state index < -0.39 is 18.0 Å². The number of hydrogen-bond donors (Lipinski definition) is 0. The van der Waals surface area contributed by atoms with E-state index in [4.69, 9.17) is 6.42 Å². The summed E-state index contributed by atoms with van der Waals surface area (Å²) in [5, 5.41) is 0. The zero-order valence-electron chi connectivity index (χ0n) is 24.2. The number of benzene rings is 2. The molecule has 199 valence electrons. The summed E-state index contributed by atoms with van der Waals surface area (Å²) in [5.41, 5.74) is 8.17. The summed E-state index contributed by atoms with van der Waals surface area (Å²) in [6, 6.07) is 13.6. The first-order valence-electron chi connectivity index (χ1n) is 13.2. The van der Waals surface area contributed by atoms with E-state index in [0.29, 0.717) is 23.7 Å². The number of hydrogen-bond acceptors (Lipinski definition) is 0. The number of rotatable bonds is 6. The van der Waals surface area contributed by atoms with Gasteiger partial charge in [0.1, 0.15) is 0 Å². The van der Waals surface area contributed by atoms with Gasteiger partial charge < -0.3 is 0 Å². The van der Waals surface area contributed by atoms with Gasteiger partial charge in [0.2, 0.25) is 0 Å². The zero-order chi connectivity index (χ0) is 26.9. The molecule has 0 aliphatic rings. The normalized spacial score (nSPS) is 12.7. The van der Waals surface area contributed by atoms with Crippen LogP contribution >= 0.6 is 0 Å². The van der Waals surface area contributed by atoms with Crippen LogP contribution in [0.5, 0.6) is 0 Å². The summed E-state index contributed by atoms with van der Waals surface area (Å²) in [5.74, 6) is 1.66. The molecule has 0 amide bonds. The Balaban J connectivity index is 2.66. The van der Waals surface area contributed by atoms with Gasteiger partial charge in [0, 0.05) is 0 Å². The van der Waals surface area contributed by atoms with Crippen LogP contribution in [0.1, 0.15) is 122 Å². The molecule has 36 heavy (non-hydrogen) atoms. The van der Waals surface area contributed by atoms with Crippen molar-refractivity contribution in [3.63, 3.8) is 0 Å². The standard InChI is InChI=1S/C27H36N2.C4H9.C2H.Au/c1-18(2)22-11-9-12-23(19(3)4)26(22)28-15-16-29(17-28)27-24(20(5)6)13-10-14-25(27)21(7)8;1-4(2)3;1-2;/h9-16,18-21H,1-8H3;1-3H3;1H;. The van der Waals surface area contributed by atoms with Crippen LogP contribution in [-0.2, 0) is 18.0 Å². The van der Waals surface area contributed by atoms with Crippen LogP contribution < -0.4 is 0 Å². The van der Waals surface area contributed by atoms with Crippen molar-refractivity contribution in [1.82, 2.24) is 9.13 Å². The molecular weight excluding hydrogens is 621 g/mol. The van der Waals surface area contributed by atoms with E-state index in [1.807, 2.05) is 0 Å². The van der Waals surface area contributed by atoms with E-state index in [0.717, 1.165) is 0 Å². The van der Waals surface area contributed by atoms with Gasteiger partial charge in [-0.2, -0.15) is 0 Å². The molecule has 0 unspecified atom stereocenters. The summed E-state index contributed by atoms with van der Waals surface area (Å²) in [7, 11) is 0. The molecule has 0 atom stereocenters. The molecule has 0 spiro atoms. The van der Waals surface area contributed by atoms with Crippen molar-refractivity contribution in [2.75, 3.05) is 0 Å². The number of para-hydroxylation sites is 2. The van der Waals surface area contributed by atoms with Gasteiger partial charge in [-0.25, -0.2) is 0 Å². The maximum absolute atomic E-state index is 6.42. The van der Waals surface area contributed by atoms with Crippen molar-refractivity contribution in [2.45, 2.75) is 103 Å². The summed E-state index contributed by atoms with van der Waals surface area (Å²) in [6.45, 7) is 25.4. The number of aromatic nitrogens is 2. The third kappa shape index (κ3) is 5.45. The predicted octanol–water partition coefficient (Wildman–Crippen LogP) is 9.72. The molecule has 3 rings (SSSR count). The monoisotopic (exact) mass is 667 g/mol. The quantitative estimate of drug-likeness (QED) is 0.183. The topological polar surface area (TPSA) is 9.86 Å². The Kier molecular flexibility index (Phi) is 8.83. The van der Waals surface area contributed by atoms with Gasteiger partial charge in [0.05, 0.1) is 0 Å². The van der Waals surface area contributed by atoms with E-state index in [9.17, 15) is 0 Å². The second kappa shape index (κ2) is 11.1. The van der Waals surface area contributed by atoms with Gasteiger partial charge in [-0.05, 0) is 0 Å². The molecule has 2 aromatic carbocycles. The predicted molar refractivity (Wildman–Crippen MR) is 153 cm³/mol. The van der Waals surface area contributed by atoms with Gasteiger partial charge in [0.25, 0.3) is 0 Å². The Morgan fingerprint density at radius 3 is 1.17 bits per heavy atom. The summed E-state index contributed by atoms with van der Waals surface area (Å²) < 4.78 is 9.68. The van der Waals surface area contributed by atoms with Gasteiger partial charge in [-0.3, -0.25) is 0 Å². The fourth-order valence-corrected chi connectivity index (χ4v) is 9.30.